The number of alkyl halides is 2. The second-order valence-electron chi connectivity index (χ2n) is 5.04. The third-order valence-electron chi connectivity index (χ3n) is 3.23. The van der Waals surface area contributed by atoms with Crippen molar-refractivity contribution in [3.63, 3.8) is 0 Å². The van der Waals surface area contributed by atoms with E-state index in [0.29, 0.717) is 39.9 Å². The predicted molar refractivity (Wildman–Crippen MR) is 94.7 cm³/mol. The molecule has 0 fully saturated rings. The van der Waals surface area contributed by atoms with Crippen LogP contribution in [0.5, 0.6) is 5.75 Å². The lowest BCUT2D eigenvalue weighted by Gasteiger charge is -2.11. The lowest BCUT2D eigenvalue weighted by atomic mass is 10.2. The van der Waals surface area contributed by atoms with E-state index in [1.165, 1.54) is 22.9 Å². The van der Waals surface area contributed by atoms with Crippen molar-refractivity contribution in [2.45, 2.75) is 26.5 Å². The molecule has 1 N–H and O–H groups in total. The molecule has 0 saturated heterocycles. The van der Waals surface area contributed by atoms with Crippen LogP contribution in [0.4, 0.5) is 8.78 Å². The summed E-state index contributed by atoms with van der Waals surface area (Å²) in [5, 5.41) is 7.56. The van der Waals surface area contributed by atoms with Crippen LogP contribution in [0.2, 0.25) is 10.2 Å². The molecule has 0 bridgehead atoms. The molecule has 1 heterocycles. The lowest BCUT2D eigenvalue weighted by molar-refractivity contribution is -0.0501. The molecule has 10 heteroatoms. The fourth-order valence-electron chi connectivity index (χ4n) is 2.08. The quantitative estimate of drug-likeness (QED) is 0.615. The largest absolute Gasteiger partial charge is 0.434 e. The van der Waals surface area contributed by atoms with Crippen LogP contribution in [-0.4, -0.2) is 28.8 Å². The van der Waals surface area contributed by atoms with Gasteiger partial charge in [-0.15, -0.1) is 0 Å². The molecule has 0 unspecified atom stereocenters. The van der Waals surface area contributed by atoms with E-state index in [0.717, 1.165) is 0 Å². The van der Waals surface area contributed by atoms with E-state index in [1.807, 2.05) is 0 Å². The van der Waals surface area contributed by atoms with Crippen LogP contribution in [0.1, 0.15) is 22.5 Å². The number of halogens is 5. The van der Waals surface area contributed by atoms with Gasteiger partial charge in [-0.1, -0.05) is 39.1 Å². The summed E-state index contributed by atoms with van der Waals surface area (Å²) in [6, 6.07) is 4.24. The maximum atomic E-state index is 12.4. The minimum Gasteiger partial charge on any atom is -0.434 e. The van der Waals surface area contributed by atoms with E-state index in [9.17, 15) is 13.6 Å². The van der Waals surface area contributed by atoms with Gasteiger partial charge < -0.3 is 10.1 Å². The molecule has 1 aromatic heterocycles. The first kappa shape index (κ1) is 19.9. The minimum absolute atomic E-state index is 0.0192. The molecule has 25 heavy (non-hydrogen) atoms. The van der Waals surface area contributed by atoms with E-state index < -0.39 is 12.5 Å². The zero-order chi connectivity index (χ0) is 18.6. The SMILES string of the molecule is Cc1nn(CCCNC(=O)c2cc(Br)ccc2OC(F)F)c(Cl)c1Cl. The van der Waals surface area contributed by atoms with Gasteiger partial charge in [0.2, 0.25) is 0 Å². The van der Waals surface area contributed by atoms with Crippen molar-refractivity contribution >= 4 is 45.0 Å². The van der Waals surface area contributed by atoms with E-state index in [-0.39, 0.29) is 11.3 Å². The van der Waals surface area contributed by atoms with Crippen LogP contribution in [0, 0.1) is 6.92 Å². The molecule has 0 radical (unpaired) electrons. The monoisotopic (exact) mass is 455 g/mol. The number of hydrogen-bond acceptors (Lipinski definition) is 3. The van der Waals surface area contributed by atoms with Gasteiger partial charge >= 0.3 is 6.61 Å². The number of ether oxygens (including phenoxy) is 1. The fraction of sp³-hybridized carbons (Fsp3) is 0.333. The summed E-state index contributed by atoms with van der Waals surface area (Å²) in [6.07, 6.45) is 0.530. The Labute approximate surface area is 161 Å². The number of aryl methyl sites for hydroxylation is 2. The van der Waals surface area contributed by atoms with Crippen molar-refractivity contribution in [1.29, 1.82) is 0 Å². The predicted octanol–water partition coefficient (Wildman–Crippen LogP) is 4.68. The van der Waals surface area contributed by atoms with E-state index in [1.54, 1.807) is 6.92 Å². The molecule has 1 aromatic carbocycles. The van der Waals surface area contributed by atoms with Gasteiger partial charge in [0.05, 0.1) is 11.3 Å². The van der Waals surface area contributed by atoms with Crippen LogP contribution >= 0.6 is 39.1 Å². The Hall–Kier alpha value is -1.38. The number of amides is 1. The van der Waals surface area contributed by atoms with Gasteiger partial charge in [0, 0.05) is 17.6 Å². The minimum atomic E-state index is -3.01. The average Bonchev–Trinajstić information content (AvgIpc) is 2.79. The normalized spacial score (nSPS) is 11.0. The molecule has 0 aliphatic rings. The second kappa shape index (κ2) is 8.82. The number of hydrogen-bond donors (Lipinski definition) is 1. The second-order valence-corrected chi connectivity index (χ2v) is 6.69. The van der Waals surface area contributed by atoms with Gasteiger partial charge in [-0.2, -0.15) is 13.9 Å². The molecule has 2 aromatic rings. The molecule has 0 atom stereocenters. The smallest absolute Gasteiger partial charge is 0.387 e. The number of carbonyl (C=O) groups is 1. The fourth-order valence-corrected chi connectivity index (χ4v) is 2.84. The molecule has 1 amide bonds. The highest BCUT2D eigenvalue weighted by atomic mass is 79.9. The zero-order valence-electron chi connectivity index (χ0n) is 13.0. The lowest BCUT2D eigenvalue weighted by Crippen LogP contribution is -2.26. The zero-order valence-corrected chi connectivity index (χ0v) is 16.1. The number of carbonyl (C=O) groups excluding carboxylic acids is 1. The van der Waals surface area contributed by atoms with Crippen molar-refractivity contribution in [3.05, 3.63) is 44.1 Å². The number of nitrogens with one attached hydrogen (secondary N) is 1. The topological polar surface area (TPSA) is 56.2 Å². The molecular weight excluding hydrogens is 443 g/mol. The first-order chi connectivity index (χ1) is 11.8. The molecule has 0 aliphatic carbocycles. The van der Waals surface area contributed by atoms with Gasteiger partial charge in [0.15, 0.2) is 0 Å². The van der Waals surface area contributed by atoms with Gasteiger partial charge in [0.25, 0.3) is 5.91 Å². The summed E-state index contributed by atoms with van der Waals surface area (Å²) >= 11 is 15.2. The van der Waals surface area contributed by atoms with Crippen molar-refractivity contribution in [3.8, 4) is 5.75 Å². The first-order valence-corrected chi connectivity index (χ1v) is 8.75. The summed E-state index contributed by atoms with van der Waals surface area (Å²) < 4.78 is 31.3. The molecule has 0 saturated carbocycles. The maximum absolute atomic E-state index is 12.4. The number of aromatic nitrogens is 2. The van der Waals surface area contributed by atoms with E-state index in [4.69, 9.17) is 23.2 Å². The van der Waals surface area contributed by atoms with Crippen molar-refractivity contribution in [2.24, 2.45) is 0 Å². The Kier molecular flexibility index (Phi) is 7.04. The highest BCUT2D eigenvalue weighted by Crippen LogP contribution is 2.26. The van der Waals surface area contributed by atoms with Gasteiger partial charge in [-0.3, -0.25) is 9.48 Å². The number of nitrogens with zero attached hydrogens (tertiary/aromatic N) is 2. The highest BCUT2D eigenvalue weighted by Gasteiger charge is 2.16. The van der Waals surface area contributed by atoms with E-state index in [2.05, 4.69) is 31.1 Å². The third kappa shape index (κ3) is 5.29. The summed E-state index contributed by atoms with van der Waals surface area (Å²) in [6.45, 7) is -0.523. The average molecular weight is 457 g/mol. The Morgan fingerprint density at radius 1 is 1.44 bits per heavy atom. The Balaban J connectivity index is 1.94. The summed E-state index contributed by atoms with van der Waals surface area (Å²) in [4.78, 5) is 12.2. The van der Waals surface area contributed by atoms with Crippen molar-refractivity contribution in [1.82, 2.24) is 15.1 Å². The summed E-state index contributed by atoms with van der Waals surface area (Å²) in [5.74, 6) is -0.703. The standard InChI is InChI=1S/C15H14BrCl2F2N3O2/c1-8-12(17)13(18)23(22-8)6-2-5-21-14(24)10-7-9(16)3-4-11(10)25-15(19)20/h3-4,7,15H,2,5-6H2,1H3,(H,21,24). The summed E-state index contributed by atoms with van der Waals surface area (Å²) in [5.41, 5.74) is 0.643. The third-order valence-corrected chi connectivity index (χ3v) is 4.66. The molecular formula is C15H14BrCl2F2N3O2. The van der Waals surface area contributed by atoms with Gasteiger partial charge in [0.1, 0.15) is 15.9 Å². The Morgan fingerprint density at radius 2 is 2.16 bits per heavy atom. The molecule has 5 nitrogen and oxygen atoms in total. The van der Waals surface area contributed by atoms with Crippen molar-refractivity contribution < 1.29 is 18.3 Å². The first-order valence-electron chi connectivity index (χ1n) is 7.20. The van der Waals surface area contributed by atoms with Crippen molar-refractivity contribution in [2.75, 3.05) is 6.54 Å². The highest BCUT2D eigenvalue weighted by molar-refractivity contribution is 9.10. The van der Waals surface area contributed by atoms with Gasteiger partial charge in [-0.05, 0) is 31.5 Å². The molecule has 0 spiro atoms. The van der Waals surface area contributed by atoms with Crippen LogP contribution in [0.25, 0.3) is 0 Å². The van der Waals surface area contributed by atoms with Crippen LogP contribution in [-0.2, 0) is 6.54 Å². The number of rotatable bonds is 7. The molecule has 0 aliphatic heterocycles. The number of benzene rings is 1. The van der Waals surface area contributed by atoms with Gasteiger partial charge in [-0.25, -0.2) is 0 Å². The van der Waals surface area contributed by atoms with Crippen LogP contribution in [0.15, 0.2) is 22.7 Å². The molecule has 2 rings (SSSR count). The Morgan fingerprint density at radius 3 is 2.76 bits per heavy atom. The van der Waals surface area contributed by atoms with Crippen LogP contribution < -0.4 is 10.1 Å². The van der Waals surface area contributed by atoms with E-state index >= 15 is 0 Å². The van der Waals surface area contributed by atoms with Crippen LogP contribution in [0.3, 0.4) is 0 Å². The maximum Gasteiger partial charge on any atom is 0.387 e. The summed E-state index contributed by atoms with van der Waals surface area (Å²) in [7, 11) is 0. The molecule has 136 valence electrons. The Bertz CT molecular complexity index is 771.